The third-order valence-corrected chi connectivity index (χ3v) is 3.34. The lowest BCUT2D eigenvalue weighted by Gasteiger charge is -2.28. The Morgan fingerprint density at radius 1 is 1.30 bits per heavy atom. The fraction of sp³-hybridized carbons (Fsp3) is 0.188. The van der Waals surface area contributed by atoms with Crippen molar-refractivity contribution in [3.63, 3.8) is 0 Å². The molecule has 3 rings (SSSR count). The van der Waals surface area contributed by atoms with E-state index in [1.54, 1.807) is 13.2 Å². The highest BCUT2D eigenvalue weighted by molar-refractivity contribution is 5.62. The Morgan fingerprint density at radius 2 is 2.20 bits per heavy atom. The molecule has 1 atom stereocenters. The second-order valence-corrected chi connectivity index (χ2v) is 4.61. The fourth-order valence-electron chi connectivity index (χ4n) is 2.28. The van der Waals surface area contributed by atoms with Crippen LogP contribution in [0.5, 0.6) is 11.5 Å². The molecule has 0 bridgehead atoms. The molecule has 0 amide bonds. The molecule has 4 heteroatoms. The second-order valence-electron chi connectivity index (χ2n) is 4.61. The quantitative estimate of drug-likeness (QED) is 0.907. The van der Waals surface area contributed by atoms with Gasteiger partial charge in [0.05, 0.1) is 30.5 Å². The van der Waals surface area contributed by atoms with Crippen LogP contribution in [-0.2, 0) is 0 Å². The third-order valence-electron chi connectivity index (χ3n) is 3.34. The molecule has 1 heterocycles. The minimum absolute atomic E-state index is 0.0477. The summed E-state index contributed by atoms with van der Waals surface area (Å²) in [6, 6.07) is 15.5. The summed E-state index contributed by atoms with van der Waals surface area (Å²) in [6.45, 7) is 0.548. The van der Waals surface area contributed by atoms with Gasteiger partial charge in [0.25, 0.3) is 0 Å². The average molecular weight is 266 g/mol. The summed E-state index contributed by atoms with van der Waals surface area (Å²) in [5, 5.41) is 12.4. The van der Waals surface area contributed by atoms with Gasteiger partial charge >= 0.3 is 0 Å². The Hall–Kier alpha value is -2.67. The van der Waals surface area contributed by atoms with E-state index in [0.717, 1.165) is 22.7 Å². The molecule has 1 aliphatic heterocycles. The lowest BCUT2D eigenvalue weighted by atomic mass is 10.0. The molecule has 0 saturated heterocycles. The zero-order chi connectivity index (χ0) is 13.9. The molecule has 1 N–H and O–H groups in total. The number of fused-ring (bicyclic) bond motifs is 1. The van der Waals surface area contributed by atoms with E-state index in [4.69, 9.17) is 14.7 Å². The molecule has 4 nitrogen and oxygen atoms in total. The highest BCUT2D eigenvalue weighted by atomic mass is 16.5. The molecule has 0 radical (unpaired) electrons. The first kappa shape index (κ1) is 12.4. The minimum atomic E-state index is 0.0477. The molecule has 1 unspecified atom stereocenters. The minimum Gasteiger partial charge on any atom is -0.497 e. The van der Waals surface area contributed by atoms with Gasteiger partial charge in [0.1, 0.15) is 18.1 Å². The number of rotatable bonds is 2. The van der Waals surface area contributed by atoms with Crippen LogP contribution in [0.25, 0.3) is 0 Å². The predicted octanol–water partition coefficient (Wildman–Crippen LogP) is 3.11. The molecular weight excluding hydrogens is 252 g/mol. The Kier molecular flexibility index (Phi) is 3.18. The van der Waals surface area contributed by atoms with E-state index >= 15 is 0 Å². The number of nitrogens with zero attached hydrogens (tertiary/aromatic N) is 1. The first-order valence-electron chi connectivity index (χ1n) is 6.37. The van der Waals surface area contributed by atoms with Gasteiger partial charge in [-0.15, -0.1) is 0 Å². The Labute approximate surface area is 117 Å². The maximum atomic E-state index is 8.96. The van der Waals surface area contributed by atoms with Crippen LogP contribution in [0, 0.1) is 11.3 Å². The van der Waals surface area contributed by atoms with Crippen molar-refractivity contribution in [2.45, 2.75) is 6.04 Å². The van der Waals surface area contributed by atoms with E-state index in [0.29, 0.717) is 12.2 Å². The van der Waals surface area contributed by atoms with E-state index in [-0.39, 0.29) is 6.04 Å². The van der Waals surface area contributed by atoms with Crippen LogP contribution in [0.1, 0.15) is 17.2 Å². The van der Waals surface area contributed by atoms with Crippen LogP contribution in [0.3, 0.4) is 0 Å². The lowest BCUT2D eigenvalue weighted by molar-refractivity contribution is 0.286. The van der Waals surface area contributed by atoms with E-state index in [2.05, 4.69) is 11.4 Å². The molecule has 100 valence electrons. The number of benzene rings is 2. The van der Waals surface area contributed by atoms with Crippen LogP contribution in [0.2, 0.25) is 0 Å². The van der Waals surface area contributed by atoms with Gasteiger partial charge in [-0.25, -0.2) is 0 Å². The number of nitriles is 1. The smallest absolute Gasteiger partial charge is 0.142 e. The van der Waals surface area contributed by atoms with Crippen molar-refractivity contribution in [1.29, 1.82) is 5.26 Å². The lowest BCUT2D eigenvalue weighted by Crippen LogP contribution is -2.23. The molecule has 1 aliphatic rings. The molecule has 20 heavy (non-hydrogen) atoms. The van der Waals surface area contributed by atoms with Gasteiger partial charge in [0, 0.05) is 0 Å². The molecular formula is C16H14N2O2. The number of ether oxygens (including phenoxy) is 2. The highest BCUT2D eigenvalue weighted by Gasteiger charge is 2.20. The van der Waals surface area contributed by atoms with Crippen molar-refractivity contribution in [3.05, 3.63) is 53.6 Å². The summed E-state index contributed by atoms with van der Waals surface area (Å²) in [5.74, 6) is 1.60. The molecule has 0 spiro atoms. The Morgan fingerprint density at radius 3 is 3.00 bits per heavy atom. The van der Waals surface area contributed by atoms with E-state index in [1.807, 2.05) is 36.4 Å². The summed E-state index contributed by atoms with van der Waals surface area (Å²) in [5.41, 5.74) is 2.56. The summed E-state index contributed by atoms with van der Waals surface area (Å²) < 4.78 is 11.0. The summed E-state index contributed by atoms with van der Waals surface area (Å²) >= 11 is 0. The van der Waals surface area contributed by atoms with Crippen molar-refractivity contribution in [2.75, 3.05) is 19.0 Å². The normalized spacial score (nSPS) is 16.3. The zero-order valence-electron chi connectivity index (χ0n) is 11.1. The van der Waals surface area contributed by atoms with E-state index < -0.39 is 0 Å². The fourth-order valence-corrected chi connectivity index (χ4v) is 2.28. The van der Waals surface area contributed by atoms with Crippen LogP contribution in [-0.4, -0.2) is 13.7 Å². The van der Waals surface area contributed by atoms with E-state index in [9.17, 15) is 0 Å². The maximum Gasteiger partial charge on any atom is 0.142 e. The number of methoxy groups -OCH3 is 1. The molecule has 0 aromatic heterocycles. The van der Waals surface area contributed by atoms with Crippen LogP contribution >= 0.6 is 0 Å². The molecule has 2 aromatic carbocycles. The van der Waals surface area contributed by atoms with Gasteiger partial charge in [0.15, 0.2) is 0 Å². The largest absolute Gasteiger partial charge is 0.497 e. The monoisotopic (exact) mass is 266 g/mol. The van der Waals surface area contributed by atoms with Gasteiger partial charge in [-0.05, 0) is 35.9 Å². The highest BCUT2D eigenvalue weighted by Crippen LogP contribution is 2.34. The van der Waals surface area contributed by atoms with E-state index in [1.165, 1.54) is 0 Å². The molecule has 2 aromatic rings. The van der Waals surface area contributed by atoms with Crippen molar-refractivity contribution < 1.29 is 9.47 Å². The predicted molar refractivity (Wildman–Crippen MR) is 76.0 cm³/mol. The van der Waals surface area contributed by atoms with Gasteiger partial charge < -0.3 is 14.8 Å². The van der Waals surface area contributed by atoms with Crippen molar-refractivity contribution in [1.82, 2.24) is 0 Å². The standard InChI is InChI=1S/C16H14N2O2/c1-19-13-4-2-3-12(8-13)15-10-20-16-6-5-11(9-17)7-14(16)18-15/h2-8,15,18H,10H2,1H3. The number of anilines is 1. The summed E-state index contributed by atoms with van der Waals surface area (Å²) in [4.78, 5) is 0. The van der Waals surface area contributed by atoms with Gasteiger partial charge in [0.2, 0.25) is 0 Å². The van der Waals surface area contributed by atoms with Crippen LogP contribution < -0.4 is 14.8 Å². The Balaban J connectivity index is 1.89. The van der Waals surface area contributed by atoms with Gasteiger partial charge in [-0.2, -0.15) is 5.26 Å². The maximum absolute atomic E-state index is 8.96. The molecule has 0 fully saturated rings. The molecule has 0 aliphatic carbocycles. The zero-order valence-corrected chi connectivity index (χ0v) is 11.1. The van der Waals surface area contributed by atoms with Crippen molar-refractivity contribution in [3.8, 4) is 17.6 Å². The van der Waals surface area contributed by atoms with Crippen LogP contribution in [0.4, 0.5) is 5.69 Å². The molecule has 0 saturated carbocycles. The summed E-state index contributed by atoms with van der Waals surface area (Å²) in [7, 11) is 1.65. The van der Waals surface area contributed by atoms with Crippen LogP contribution in [0.15, 0.2) is 42.5 Å². The Bertz CT molecular complexity index is 676. The summed E-state index contributed by atoms with van der Waals surface area (Å²) in [6.07, 6.45) is 0. The SMILES string of the molecule is COc1cccc(C2COc3ccc(C#N)cc3N2)c1. The number of nitrogens with one attached hydrogen (secondary N) is 1. The first-order chi connectivity index (χ1) is 9.80. The van der Waals surface area contributed by atoms with Gasteiger partial charge in [-0.3, -0.25) is 0 Å². The third kappa shape index (κ3) is 2.26. The first-order valence-corrected chi connectivity index (χ1v) is 6.37. The number of hydrogen-bond acceptors (Lipinski definition) is 4. The average Bonchev–Trinajstić information content (AvgIpc) is 2.53. The second kappa shape index (κ2) is 5.14. The van der Waals surface area contributed by atoms with Gasteiger partial charge in [-0.1, -0.05) is 12.1 Å². The topological polar surface area (TPSA) is 54.3 Å². The van der Waals surface area contributed by atoms with Crippen molar-refractivity contribution in [2.24, 2.45) is 0 Å². The number of hydrogen-bond donors (Lipinski definition) is 1. The van der Waals surface area contributed by atoms with Crippen molar-refractivity contribution >= 4 is 5.69 Å².